The summed E-state index contributed by atoms with van der Waals surface area (Å²) in [7, 11) is 0. The molecule has 0 spiro atoms. The van der Waals surface area contributed by atoms with Gasteiger partial charge in [-0.25, -0.2) is 0 Å². The summed E-state index contributed by atoms with van der Waals surface area (Å²) in [6.45, 7) is 1.62. The number of benzene rings is 1. The third-order valence-corrected chi connectivity index (χ3v) is 5.60. The van der Waals surface area contributed by atoms with Gasteiger partial charge in [0.1, 0.15) is 0 Å². The zero-order chi connectivity index (χ0) is 19.0. The van der Waals surface area contributed by atoms with Gasteiger partial charge < -0.3 is 9.47 Å². The van der Waals surface area contributed by atoms with Gasteiger partial charge in [-0.2, -0.15) is 0 Å². The summed E-state index contributed by atoms with van der Waals surface area (Å²) in [4.78, 5) is 37.4. The van der Waals surface area contributed by atoms with Crippen molar-refractivity contribution in [3.8, 4) is 0 Å². The fraction of sp³-hybridized carbons (Fsp3) is 0.400. The molecule has 140 valence electrons. The zero-order valence-corrected chi connectivity index (χ0v) is 14.9. The minimum Gasteiger partial charge on any atom is -0.342 e. The van der Waals surface area contributed by atoms with E-state index in [0.29, 0.717) is 32.5 Å². The second-order valence-corrected chi connectivity index (χ2v) is 7.40. The number of piperidine rings is 1. The van der Waals surface area contributed by atoms with E-state index >= 15 is 0 Å². The monoisotopic (exact) mass is 367 g/mol. The maximum absolute atomic E-state index is 12.7. The number of amides is 1. The van der Waals surface area contributed by atoms with Crippen molar-refractivity contribution in [1.29, 1.82) is 0 Å². The van der Waals surface area contributed by atoms with E-state index in [-0.39, 0.29) is 23.4 Å². The molecule has 27 heavy (non-hydrogen) atoms. The Balaban J connectivity index is 1.49. The molecular weight excluding hydrogens is 346 g/mol. The number of hydrogen-bond donors (Lipinski definition) is 0. The van der Waals surface area contributed by atoms with Crippen LogP contribution in [0.4, 0.5) is 5.69 Å². The van der Waals surface area contributed by atoms with Crippen LogP contribution in [0.1, 0.15) is 30.0 Å². The summed E-state index contributed by atoms with van der Waals surface area (Å²) in [5, 5.41) is 11.0. The summed E-state index contributed by atoms with van der Waals surface area (Å²) < 4.78 is 1.54. The molecule has 1 fully saturated rings. The van der Waals surface area contributed by atoms with Crippen molar-refractivity contribution in [3.63, 3.8) is 0 Å². The van der Waals surface area contributed by atoms with Gasteiger partial charge >= 0.3 is 11.2 Å². The lowest BCUT2D eigenvalue weighted by Gasteiger charge is -2.42. The van der Waals surface area contributed by atoms with E-state index in [0.717, 1.165) is 17.7 Å². The Morgan fingerprint density at radius 1 is 1.11 bits per heavy atom. The molecular formula is C20H21N3O4. The van der Waals surface area contributed by atoms with Crippen LogP contribution in [-0.2, 0) is 17.8 Å². The van der Waals surface area contributed by atoms with E-state index in [4.69, 9.17) is 0 Å². The number of aryl methyl sites for hydroxylation is 1. The SMILES string of the molecule is O=C(CCc1ccccc1)N1C[C@@H]2C[C@@H](C1)c1ccc([N+](=O)[O-])c(=O)n1C2. The molecule has 2 aliphatic heterocycles. The van der Waals surface area contributed by atoms with Gasteiger partial charge in [-0.1, -0.05) is 30.3 Å². The third kappa shape index (κ3) is 3.37. The largest absolute Gasteiger partial charge is 0.342 e. The van der Waals surface area contributed by atoms with Gasteiger partial charge in [0.15, 0.2) is 0 Å². The van der Waals surface area contributed by atoms with Crippen molar-refractivity contribution in [2.75, 3.05) is 13.1 Å². The van der Waals surface area contributed by atoms with Crippen molar-refractivity contribution in [3.05, 3.63) is 74.2 Å². The minimum absolute atomic E-state index is 0.0617. The van der Waals surface area contributed by atoms with E-state index in [2.05, 4.69) is 0 Å². The first kappa shape index (κ1) is 17.5. The number of nitrogens with zero attached hydrogens (tertiary/aromatic N) is 3. The van der Waals surface area contributed by atoms with Crippen LogP contribution in [0.2, 0.25) is 0 Å². The third-order valence-electron chi connectivity index (χ3n) is 5.60. The predicted octanol–water partition coefficient (Wildman–Crippen LogP) is 2.34. The first-order valence-corrected chi connectivity index (χ1v) is 9.22. The Morgan fingerprint density at radius 2 is 1.89 bits per heavy atom. The first-order valence-electron chi connectivity index (χ1n) is 9.22. The maximum Gasteiger partial charge on any atom is 0.334 e. The Morgan fingerprint density at radius 3 is 2.63 bits per heavy atom. The van der Waals surface area contributed by atoms with Crippen molar-refractivity contribution < 1.29 is 9.72 Å². The molecule has 1 saturated heterocycles. The summed E-state index contributed by atoms with van der Waals surface area (Å²) in [6.07, 6.45) is 2.10. The second-order valence-electron chi connectivity index (χ2n) is 7.40. The number of nitro groups is 1. The molecule has 1 amide bonds. The summed E-state index contributed by atoms with van der Waals surface area (Å²) in [5.41, 5.74) is 1.04. The van der Waals surface area contributed by atoms with Crippen LogP contribution in [0.5, 0.6) is 0 Å². The molecule has 0 saturated carbocycles. The van der Waals surface area contributed by atoms with Crippen molar-refractivity contribution in [2.24, 2.45) is 5.92 Å². The number of pyridine rings is 1. The predicted molar refractivity (Wildman–Crippen MR) is 99.5 cm³/mol. The number of carbonyl (C=O) groups excluding carboxylic acids is 1. The molecule has 0 radical (unpaired) electrons. The molecule has 2 bridgehead atoms. The van der Waals surface area contributed by atoms with Gasteiger partial charge in [-0.05, 0) is 30.4 Å². The normalized spacial score (nSPS) is 20.8. The number of carbonyl (C=O) groups is 1. The quantitative estimate of drug-likeness (QED) is 0.613. The molecule has 1 aromatic carbocycles. The minimum atomic E-state index is -0.626. The lowest BCUT2D eigenvalue weighted by atomic mass is 9.83. The molecule has 1 aromatic heterocycles. The highest BCUT2D eigenvalue weighted by Gasteiger charge is 2.37. The average Bonchev–Trinajstić information content (AvgIpc) is 2.67. The number of aromatic nitrogens is 1. The van der Waals surface area contributed by atoms with E-state index < -0.39 is 10.5 Å². The lowest BCUT2D eigenvalue weighted by molar-refractivity contribution is -0.386. The van der Waals surface area contributed by atoms with Crippen LogP contribution >= 0.6 is 0 Å². The van der Waals surface area contributed by atoms with Crippen LogP contribution in [0.3, 0.4) is 0 Å². The highest BCUT2D eigenvalue weighted by molar-refractivity contribution is 5.76. The first-order chi connectivity index (χ1) is 13.0. The van der Waals surface area contributed by atoms with E-state index in [1.807, 2.05) is 35.2 Å². The van der Waals surface area contributed by atoms with Gasteiger partial charge in [-0.3, -0.25) is 19.7 Å². The standard InChI is InChI=1S/C20H21N3O4/c24-19(9-6-14-4-2-1-3-5-14)21-11-15-10-16(13-21)17-7-8-18(23(26)27)20(25)22(17)12-15/h1-5,7-8,15-16H,6,9-13H2/t15-,16-/m0/s1. The van der Waals surface area contributed by atoms with Crippen LogP contribution in [0.25, 0.3) is 0 Å². The summed E-state index contributed by atoms with van der Waals surface area (Å²) in [5.74, 6) is 0.356. The molecule has 7 heteroatoms. The van der Waals surface area contributed by atoms with Gasteiger partial charge in [0, 0.05) is 43.7 Å². The zero-order valence-electron chi connectivity index (χ0n) is 14.9. The van der Waals surface area contributed by atoms with E-state index in [1.165, 1.54) is 6.07 Å². The number of rotatable bonds is 4. The molecule has 3 heterocycles. The topological polar surface area (TPSA) is 85.5 Å². The summed E-state index contributed by atoms with van der Waals surface area (Å²) in [6, 6.07) is 12.9. The number of fused-ring (bicyclic) bond motifs is 4. The Labute approximate surface area is 156 Å². The second kappa shape index (κ2) is 6.98. The number of hydrogen-bond acceptors (Lipinski definition) is 4. The van der Waals surface area contributed by atoms with E-state index in [9.17, 15) is 19.7 Å². The van der Waals surface area contributed by atoms with Crippen molar-refractivity contribution >= 4 is 11.6 Å². The smallest absolute Gasteiger partial charge is 0.334 e. The van der Waals surface area contributed by atoms with Gasteiger partial charge in [0.25, 0.3) is 0 Å². The summed E-state index contributed by atoms with van der Waals surface area (Å²) >= 11 is 0. The fourth-order valence-electron chi connectivity index (χ4n) is 4.33. The molecule has 2 atom stereocenters. The molecule has 4 rings (SSSR count). The Hall–Kier alpha value is -2.96. The van der Waals surface area contributed by atoms with Crippen LogP contribution < -0.4 is 5.56 Å². The average molecular weight is 367 g/mol. The van der Waals surface area contributed by atoms with Gasteiger partial charge in [-0.15, -0.1) is 0 Å². The highest BCUT2D eigenvalue weighted by Crippen LogP contribution is 2.35. The van der Waals surface area contributed by atoms with Crippen LogP contribution in [0, 0.1) is 16.0 Å². The van der Waals surface area contributed by atoms with E-state index in [1.54, 1.807) is 10.6 Å². The molecule has 2 aliphatic rings. The maximum atomic E-state index is 12.7. The van der Waals surface area contributed by atoms with Crippen molar-refractivity contribution in [1.82, 2.24) is 9.47 Å². The molecule has 0 unspecified atom stereocenters. The fourth-order valence-corrected chi connectivity index (χ4v) is 4.33. The molecule has 7 nitrogen and oxygen atoms in total. The van der Waals surface area contributed by atoms with Gasteiger partial charge in [0.05, 0.1) is 4.92 Å². The van der Waals surface area contributed by atoms with Crippen molar-refractivity contribution in [2.45, 2.75) is 31.7 Å². The van der Waals surface area contributed by atoms with Gasteiger partial charge in [0.2, 0.25) is 5.91 Å². The Bertz CT molecular complexity index is 938. The Kier molecular flexibility index (Phi) is 4.51. The van der Waals surface area contributed by atoms with Crippen LogP contribution in [-0.4, -0.2) is 33.4 Å². The molecule has 0 aliphatic carbocycles. The molecule has 2 aromatic rings. The lowest BCUT2D eigenvalue weighted by Crippen LogP contribution is -2.49. The number of likely N-dealkylation sites (tertiary alicyclic amines) is 1. The highest BCUT2D eigenvalue weighted by atomic mass is 16.6. The molecule has 0 N–H and O–H groups in total. The van der Waals surface area contributed by atoms with Crippen LogP contribution in [0.15, 0.2) is 47.3 Å².